The van der Waals surface area contributed by atoms with Gasteiger partial charge in [0.05, 0.1) is 11.5 Å². The zero-order valence-corrected chi connectivity index (χ0v) is 11.5. The molecule has 0 unspecified atom stereocenters. The average molecular weight is 318 g/mol. The Labute approximate surface area is 109 Å². The van der Waals surface area contributed by atoms with Crippen molar-refractivity contribution in [3.63, 3.8) is 0 Å². The number of benzene rings is 1. The Morgan fingerprint density at radius 3 is 2.47 bits per heavy atom. The van der Waals surface area contributed by atoms with E-state index in [9.17, 15) is 8.42 Å². The molecular weight excluding hydrogens is 306 g/mol. The lowest BCUT2D eigenvalue weighted by Gasteiger charge is -2.14. The van der Waals surface area contributed by atoms with Crippen LogP contribution in [0.15, 0.2) is 38.0 Å². The molecule has 0 spiro atoms. The molecule has 1 saturated heterocycles. The van der Waals surface area contributed by atoms with E-state index in [4.69, 9.17) is 4.74 Å². The van der Waals surface area contributed by atoms with Crippen molar-refractivity contribution >= 4 is 31.9 Å². The minimum atomic E-state index is -3.63. The Morgan fingerprint density at radius 1 is 1.18 bits per heavy atom. The van der Waals surface area contributed by atoms with Crippen LogP contribution in [-0.4, -0.2) is 20.9 Å². The van der Waals surface area contributed by atoms with Crippen molar-refractivity contribution in [1.29, 1.82) is 0 Å². The predicted molar refractivity (Wildman–Crippen MR) is 68.6 cm³/mol. The van der Waals surface area contributed by atoms with Gasteiger partial charge >= 0.3 is 0 Å². The van der Waals surface area contributed by atoms with E-state index in [1.807, 2.05) is 0 Å². The van der Waals surface area contributed by atoms with Crippen LogP contribution in [0.4, 0.5) is 0 Å². The molecule has 1 aromatic carbocycles. The lowest BCUT2D eigenvalue weighted by atomic mass is 10.2. The molecule has 1 aliphatic rings. The lowest BCUT2D eigenvalue weighted by molar-refractivity contribution is 0.261. The van der Waals surface area contributed by atoms with Crippen LogP contribution >= 0.6 is 15.9 Å². The van der Waals surface area contributed by atoms with Crippen molar-refractivity contribution in [3.05, 3.63) is 28.7 Å². The number of rotatable bonds is 2. The Bertz CT molecular complexity index is 514. The fraction of sp³-hybridized carbons (Fsp3) is 0.364. The molecule has 0 bridgehead atoms. The summed E-state index contributed by atoms with van der Waals surface area (Å²) < 4.78 is 33.6. The van der Waals surface area contributed by atoms with Gasteiger partial charge in [0.2, 0.25) is 0 Å². The van der Waals surface area contributed by atoms with Crippen molar-refractivity contribution in [3.8, 4) is 0 Å². The first kappa shape index (κ1) is 12.6. The van der Waals surface area contributed by atoms with Crippen molar-refractivity contribution < 1.29 is 13.2 Å². The van der Waals surface area contributed by atoms with Crippen LogP contribution in [-0.2, 0) is 14.8 Å². The van der Waals surface area contributed by atoms with E-state index >= 15 is 0 Å². The Morgan fingerprint density at radius 2 is 1.88 bits per heavy atom. The molecule has 17 heavy (non-hydrogen) atoms. The van der Waals surface area contributed by atoms with E-state index in [1.54, 1.807) is 12.1 Å². The normalized spacial score (nSPS) is 19.0. The highest BCUT2D eigenvalue weighted by Gasteiger charge is 2.16. The second-order valence-electron chi connectivity index (χ2n) is 3.72. The van der Waals surface area contributed by atoms with Gasteiger partial charge in [-0.25, -0.2) is 0 Å². The van der Waals surface area contributed by atoms with Gasteiger partial charge in [-0.2, -0.15) is 8.42 Å². The molecule has 92 valence electrons. The molecule has 2 rings (SSSR count). The third-order valence-electron chi connectivity index (χ3n) is 2.39. The zero-order chi connectivity index (χ0) is 12.3. The van der Waals surface area contributed by atoms with Crippen molar-refractivity contribution in [2.75, 3.05) is 6.61 Å². The quantitative estimate of drug-likeness (QED) is 0.842. The minimum Gasteiger partial charge on any atom is -0.480 e. The molecule has 0 N–H and O–H groups in total. The Balaban J connectivity index is 2.27. The van der Waals surface area contributed by atoms with Gasteiger partial charge in [-0.05, 0) is 37.1 Å². The number of ether oxygens (including phenoxy) is 1. The minimum absolute atomic E-state index is 0.183. The highest BCUT2D eigenvalue weighted by molar-refractivity contribution is 9.10. The molecule has 6 heteroatoms. The summed E-state index contributed by atoms with van der Waals surface area (Å²) in [4.78, 5) is 0.183. The lowest BCUT2D eigenvalue weighted by Crippen LogP contribution is -2.14. The summed E-state index contributed by atoms with van der Waals surface area (Å²) in [5.41, 5.74) is 0. The summed E-state index contributed by atoms with van der Waals surface area (Å²) >= 11 is 3.26. The summed E-state index contributed by atoms with van der Waals surface area (Å²) in [7, 11) is -3.63. The smallest absolute Gasteiger partial charge is 0.285 e. The van der Waals surface area contributed by atoms with Crippen molar-refractivity contribution in [2.24, 2.45) is 4.40 Å². The van der Waals surface area contributed by atoms with Crippen LogP contribution in [0.5, 0.6) is 0 Å². The molecule has 0 aliphatic carbocycles. The Kier molecular flexibility index (Phi) is 3.83. The number of hydrogen-bond acceptors (Lipinski definition) is 3. The van der Waals surface area contributed by atoms with Crippen LogP contribution in [0.25, 0.3) is 0 Å². The number of hydrogen-bond donors (Lipinski definition) is 0. The molecule has 0 amide bonds. The maximum atomic E-state index is 11.9. The standard InChI is InChI=1S/C11H12BrNO3S/c12-9-4-6-10(7-5-9)17(14,15)13-11-3-1-2-8-16-11/h4-7H,1-3,8H2/b13-11-. The van der Waals surface area contributed by atoms with Crippen LogP contribution in [0, 0.1) is 0 Å². The summed E-state index contributed by atoms with van der Waals surface area (Å²) in [5.74, 6) is 0.319. The third kappa shape index (κ3) is 3.29. The maximum Gasteiger partial charge on any atom is 0.285 e. The summed E-state index contributed by atoms with van der Waals surface area (Å²) in [6, 6.07) is 6.39. The van der Waals surface area contributed by atoms with Crippen LogP contribution in [0.3, 0.4) is 0 Å². The topological polar surface area (TPSA) is 55.7 Å². The van der Waals surface area contributed by atoms with E-state index in [0.717, 1.165) is 17.3 Å². The number of sulfonamides is 1. The zero-order valence-electron chi connectivity index (χ0n) is 9.10. The van der Waals surface area contributed by atoms with Crippen LogP contribution in [0.1, 0.15) is 19.3 Å². The Hall–Kier alpha value is -0.880. The van der Waals surface area contributed by atoms with Crippen LogP contribution < -0.4 is 0 Å². The monoisotopic (exact) mass is 317 g/mol. The third-order valence-corrected chi connectivity index (χ3v) is 4.23. The molecular formula is C11H12BrNO3S. The number of nitrogens with zero attached hydrogens (tertiary/aromatic N) is 1. The first-order chi connectivity index (χ1) is 8.08. The predicted octanol–water partition coefficient (Wildman–Crippen LogP) is 2.74. The first-order valence-corrected chi connectivity index (χ1v) is 7.53. The van der Waals surface area contributed by atoms with E-state index in [-0.39, 0.29) is 4.90 Å². The largest absolute Gasteiger partial charge is 0.480 e. The van der Waals surface area contributed by atoms with Crippen LogP contribution in [0.2, 0.25) is 0 Å². The van der Waals surface area contributed by atoms with Gasteiger partial charge in [-0.3, -0.25) is 0 Å². The maximum absolute atomic E-state index is 11.9. The average Bonchev–Trinajstić information content (AvgIpc) is 2.30. The number of halogens is 1. The first-order valence-electron chi connectivity index (χ1n) is 5.30. The van der Waals surface area contributed by atoms with E-state index < -0.39 is 10.0 Å². The second-order valence-corrected chi connectivity index (χ2v) is 6.24. The highest BCUT2D eigenvalue weighted by atomic mass is 79.9. The van der Waals surface area contributed by atoms with E-state index in [2.05, 4.69) is 20.3 Å². The van der Waals surface area contributed by atoms with Gasteiger partial charge < -0.3 is 4.74 Å². The van der Waals surface area contributed by atoms with Gasteiger partial charge in [-0.1, -0.05) is 15.9 Å². The SMILES string of the molecule is O=S(=O)(/N=C1/CCCCO1)c1ccc(Br)cc1. The summed E-state index contributed by atoms with van der Waals surface area (Å²) in [6.45, 7) is 0.550. The molecule has 1 fully saturated rings. The molecule has 1 heterocycles. The van der Waals surface area contributed by atoms with Crippen molar-refractivity contribution in [2.45, 2.75) is 24.2 Å². The molecule has 0 atom stereocenters. The van der Waals surface area contributed by atoms with Gasteiger partial charge in [0.15, 0.2) is 5.90 Å². The molecule has 1 aromatic rings. The fourth-order valence-corrected chi connectivity index (χ4v) is 2.77. The van der Waals surface area contributed by atoms with E-state index in [0.29, 0.717) is 18.9 Å². The van der Waals surface area contributed by atoms with Gasteiger partial charge in [0.1, 0.15) is 0 Å². The molecule has 0 saturated carbocycles. The second kappa shape index (κ2) is 5.18. The molecule has 0 radical (unpaired) electrons. The van der Waals surface area contributed by atoms with Gasteiger partial charge in [0.25, 0.3) is 10.0 Å². The van der Waals surface area contributed by atoms with Crippen molar-refractivity contribution in [1.82, 2.24) is 0 Å². The molecule has 1 aliphatic heterocycles. The molecule has 0 aromatic heterocycles. The summed E-state index contributed by atoms with van der Waals surface area (Å²) in [6.07, 6.45) is 2.47. The van der Waals surface area contributed by atoms with E-state index in [1.165, 1.54) is 12.1 Å². The highest BCUT2D eigenvalue weighted by Crippen LogP contribution is 2.18. The van der Waals surface area contributed by atoms with Gasteiger partial charge in [0, 0.05) is 10.9 Å². The van der Waals surface area contributed by atoms with Gasteiger partial charge in [-0.15, -0.1) is 4.40 Å². The fourth-order valence-electron chi connectivity index (χ4n) is 1.51. The summed E-state index contributed by atoms with van der Waals surface area (Å²) in [5, 5.41) is 0. The molecule has 4 nitrogen and oxygen atoms in total.